The van der Waals surface area contributed by atoms with Gasteiger partial charge < -0.3 is 10.0 Å². The third kappa shape index (κ3) is 3.84. The maximum absolute atomic E-state index is 12.0. The quantitative estimate of drug-likeness (QED) is 0.875. The fraction of sp³-hybridized carbons (Fsp3) is 0.529. The first-order valence-corrected chi connectivity index (χ1v) is 7.60. The SMILES string of the molecule is CCCC1CC(=O)N(Cc2ccc(C(C)C(=O)O)cc2)C1. The molecule has 1 saturated heterocycles. The first-order chi connectivity index (χ1) is 10.0. The smallest absolute Gasteiger partial charge is 0.310 e. The summed E-state index contributed by atoms with van der Waals surface area (Å²) in [4.78, 5) is 24.8. The normalized spacial score (nSPS) is 19.8. The van der Waals surface area contributed by atoms with Crippen molar-refractivity contribution in [3.63, 3.8) is 0 Å². The lowest BCUT2D eigenvalue weighted by Crippen LogP contribution is -2.24. The van der Waals surface area contributed by atoms with E-state index < -0.39 is 11.9 Å². The minimum absolute atomic E-state index is 0.233. The molecular weight excluding hydrogens is 266 g/mol. The number of nitrogens with zero attached hydrogens (tertiary/aromatic N) is 1. The Kier molecular flexibility index (Phi) is 4.99. The third-order valence-electron chi connectivity index (χ3n) is 4.22. The number of carboxylic acids is 1. The van der Waals surface area contributed by atoms with Gasteiger partial charge in [-0.25, -0.2) is 0 Å². The highest BCUT2D eigenvalue weighted by atomic mass is 16.4. The fourth-order valence-corrected chi connectivity index (χ4v) is 2.88. The summed E-state index contributed by atoms with van der Waals surface area (Å²) in [6, 6.07) is 7.54. The summed E-state index contributed by atoms with van der Waals surface area (Å²) >= 11 is 0. The van der Waals surface area contributed by atoms with Crippen molar-refractivity contribution in [3.05, 3.63) is 35.4 Å². The van der Waals surface area contributed by atoms with Crippen molar-refractivity contribution in [3.8, 4) is 0 Å². The number of carbonyl (C=O) groups excluding carboxylic acids is 1. The van der Waals surface area contributed by atoms with E-state index in [4.69, 9.17) is 5.11 Å². The molecular formula is C17H23NO3. The second-order valence-electron chi connectivity index (χ2n) is 5.93. The van der Waals surface area contributed by atoms with Gasteiger partial charge in [-0.3, -0.25) is 9.59 Å². The number of likely N-dealkylation sites (tertiary alicyclic amines) is 1. The van der Waals surface area contributed by atoms with Gasteiger partial charge in [0.15, 0.2) is 0 Å². The Morgan fingerprint density at radius 2 is 2.05 bits per heavy atom. The second kappa shape index (κ2) is 6.74. The van der Waals surface area contributed by atoms with Gasteiger partial charge in [-0.15, -0.1) is 0 Å². The van der Waals surface area contributed by atoms with Gasteiger partial charge in [-0.1, -0.05) is 37.6 Å². The van der Waals surface area contributed by atoms with Gasteiger partial charge in [-0.2, -0.15) is 0 Å². The molecule has 0 spiro atoms. The minimum Gasteiger partial charge on any atom is -0.481 e. The van der Waals surface area contributed by atoms with Crippen molar-refractivity contribution in [2.75, 3.05) is 6.54 Å². The average molecular weight is 289 g/mol. The predicted octanol–water partition coefficient (Wildman–Crippen LogP) is 3.02. The van der Waals surface area contributed by atoms with Gasteiger partial charge in [0.1, 0.15) is 0 Å². The molecule has 1 heterocycles. The largest absolute Gasteiger partial charge is 0.481 e. The fourth-order valence-electron chi connectivity index (χ4n) is 2.88. The van der Waals surface area contributed by atoms with E-state index in [1.54, 1.807) is 6.92 Å². The Balaban J connectivity index is 1.97. The summed E-state index contributed by atoms with van der Waals surface area (Å²) in [5, 5.41) is 9.00. The summed E-state index contributed by atoms with van der Waals surface area (Å²) in [6.45, 7) is 5.30. The number of carbonyl (C=O) groups is 2. The van der Waals surface area contributed by atoms with Crippen LogP contribution < -0.4 is 0 Å². The molecule has 2 unspecified atom stereocenters. The first kappa shape index (κ1) is 15.5. The zero-order chi connectivity index (χ0) is 15.4. The van der Waals surface area contributed by atoms with Gasteiger partial charge in [0.2, 0.25) is 5.91 Å². The molecule has 1 aliphatic heterocycles. The zero-order valence-corrected chi connectivity index (χ0v) is 12.7. The monoisotopic (exact) mass is 289 g/mol. The second-order valence-corrected chi connectivity index (χ2v) is 5.93. The molecule has 2 rings (SSSR count). The molecule has 1 N–H and O–H groups in total. The van der Waals surface area contributed by atoms with Gasteiger partial charge in [0, 0.05) is 19.5 Å². The standard InChI is InChI=1S/C17H23NO3/c1-3-4-14-9-16(19)18(11-14)10-13-5-7-15(8-6-13)12(2)17(20)21/h5-8,12,14H,3-4,9-11H2,1-2H3,(H,20,21). The van der Waals surface area contributed by atoms with Crippen LogP contribution in [0.1, 0.15) is 50.2 Å². The zero-order valence-electron chi connectivity index (χ0n) is 12.7. The Labute approximate surface area is 125 Å². The van der Waals surface area contributed by atoms with Crippen LogP contribution in [0.3, 0.4) is 0 Å². The van der Waals surface area contributed by atoms with E-state index in [1.807, 2.05) is 29.2 Å². The molecule has 21 heavy (non-hydrogen) atoms. The van der Waals surface area contributed by atoms with Gasteiger partial charge >= 0.3 is 5.97 Å². The van der Waals surface area contributed by atoms with E-state index in [1.165, 1.54) is 0 Å². The van der Waals surface area contributed by atoms with E-state index in [2.05, 4.69) is 6.92 Å². The van der Waals surface area contributed by atoms with Crippen molar-refractivity contribution in [2.45, 2.75) is 45.6 Å². The highest BCUT2D eigenvalue weighted by Gasteiger charge is 2.28. The highest BCUT2D eigenvalue weighted by Crippen LogP contribution is 2.24. The molecule has 1 aromatic rings. The molecule has 2 atom stereocenters. The minimum atomic E-state index is -0.820. The Bertz CT molecular complexity index is 509. The summed E-state index contributed by atoms with van der Waals surface area (Å²) < 4.78 is 0. The topological polar surface area (TPSA) is 57.6 Å². The van der Waals surface area contributed by atoms with Crippen LogP contribution in [0.25, 0.3) is 0 Å². The number of amides is 1. The van der Waals surface area contributed by atoms with E-state index in [0.29, 0.717) is 18.9 Å². The molecule has 1 amide bonds. The molecule has 0 bridgehead atoms. The molecule has 1 aliphatic rings. The Hall–Kier alpha value is -1.84. The molecule has 0 aromatic heterocycles. The van der Waals surface area contributed by atoms with Crippen LogP contribution in [-0.2, 0) is 16.1 Å². The van der Waals surface area contributed by atoms with Crippen LogP contribution in [0.4, 0.5) is 0 Å². The number of benzene rings is 1. The lowest BCUT2D eigenvalue weighted by Gasteiger charge is -2.17. The predicted molar refractivity (Wildman–Crippen MR) is 80.9 cm³/mol. The maximum atomic E-state index is 12.0. The Morgan fingerprint density at radius 1 is 1.38 bits per heavy atom. The van der Waals surface area contributed by atoms with Crippen LogP contribution in [0.5, 0.6) is 0 Å². The van der Waals surface area contributed by atoms with Crippen LogP contribution in [-0.4, -0.2) is 28.4 Å². The molecule has 1 fully saturated rings. The molecule has 4 nitrogen and oxygen atoms in total. The molecule has 1 aromatic carbocycles. The number of aliphatic carboxylic acids is 1. The van der Waals surface area contributed by atoms with Crippen LogP contribution in [0.15, 0.2) is 24.3 Å². The van der Waals surface area contributed by atoms with Crippen molar-refractivity contribution in [2.24, 2.45) is 5.92 Å². The number of hydrogen-bond acceptors (Lipinski definition) is 2. The van der Waals surface area contributed by atoms with E-state index in [-0.39, 0.29) is 5.91 Å². The molecule has 114 valence electrons. The first-order valence-electron chi connectivity index (χ1n) is 7.60. The highest BCUT2D eigenvalue weighted by molar-refractivity contribution is 5.78. The van der Waals surface area contributed by atoms with Crippen LogP contribution in [0, 0.1) is 5.92 Å². The summed E-state index contributed by atoms with van der Waals surface area (Å²) in [7, 11) is 0. The van der Waals surface area contributed by atoms with Gasteiger partial charge in [-0.05, 0) is 30.4 Å². The van der Waals surface area contributed by atoms with Crippen molar-refractivity contribution in [1.29, 1.82) is 0 Å². The molecule has 0 saturated carbocycles. The Morgan fingerprint density at radius 3 is 2.62 bits per heavy atom. The third-order valence-corrected chi connectivity index (χ3v) is 4.22. The molecule has 0 aliphatic carbocycles. The number of carboxylic acid groups (broad SMARTS) is 1. The lowest BCUT2D eigenvalue weighted by molar-refractivity contribution is -0.138. The van der Waals surface area contributed by atoms with E-state index in [0.717, 1.165) is 30.5 Å². The summed E-state index contributed by atoms with van der Waals surface area (Å²) in [6.07, 6.45) is 2.90. The van der Waals surface area contributed by atoms with Crippen molar-refractivity contribution in [1.82, 2.24) is 4.90 Å². The van der Waals surface area contributed by atoms with Crippen molar-refractivity contribution >= 4 is 11.9 Å². The molecule has 0 radical (unpaired) electrons. The van der Waals surface area contributed by atoms with Crippen LogP contribution in [0.2, 0.25) is 0 Å². The van der Waals surface area contributed by atoms with E-state index in [9.17, 15) is 9.59 Å². The number of rotatable bonds is 6. The van der Waals surface area contributed by atoms with E-state index >= 15 is 0 Å². The molecule has 4 heteroatoms. The lowest BCUT2D eigenvalue weighted by atomic mass is 10.00. The number of hydrogen-bond donors (Lipinski definition) is 1. The average Bonchev–Trinajstić information content (AvgIpc) is 2.79. The van der Waals surface area contributed by atoms with Crippen molar-refractivity contribution < 1.29 is 14.7 Å². The summed E-state index contributed by atoms with van der Waals surface area (Å²) in [5.74, 6) is -0.591. The van der Waals surface area contributed by atoms with Crippen LogP contribution >= 0.6 is 0 Å². The van der Waals surface area contributed by atoms with Gasteiger partial charge in [0.05, 0.1) is 5.92 Å². The van der Waals surface area contributed by atoms with Gasteiger partial charge in [0.25, 0.3) is 0 Å². The summed E-state index contributed by atoms with van der Waals surface area (Å²) in [5.41, 5.74) is 1.85. The maximum Gasteiger partial charge on any atom is 0.310 e.